The van der Waals surface area contributed by atoms with Gasteiger partial charge in [-0.15, -0.1) is 0 Å². The van der Waals surface area contributed by atoms with Crippen LogP contribution in [-0.4, -0.2) is 6.54 Å². The van der Waals surface area contributed by atoms with Crippen LogP contribution in [0, 0.1) is 5.41 Å². The molecule has 1 heteroatoms. The molecular formula is C20H23N. The first-order valence-electron chi connectivity index (χ1n) is 8.10. The van der Waals surface area contributed by atoms with Crippen LogP contribution in [0.15, 0.2) is 60.7 Å². The van der Waals surface area contributed by atoms with Gasteiger partial charge in [0.25, 0.3) is 0 Å². The molecule has 0 aromatic heterocycles. The second-order valence-corrected chi connectivity index (χ2v) is 7.13. The predicted octanol–water partition coefficient (Wildman–Crippen LogP) is 4.98. The van der Waals surface area contributed by atoms with Gasteiger partial charge in [0.1, 0.15) is 0 Å². The van der Waals surface area contributed by atoms with E-state index in [-0.39, 0.29) is 5.54 Å². The van der Waals surface area contributed by atoms with Gasteiger partial charge in [-0.2, -0.15) is 0 Å². The fourth-order valence-electron chi connectivity index (χ4n) is 4.37. The van der Waals surface area contributed by atoms with Crippen molar-refractivity contribution in [2.24, 2.45) is 5.41 Å². The van der Waals surface area contributed by atoms with Crippen LogP contribution in [0.3, 0.4) is 0 Å². The molecule has 0 spiro atoms. The molecule has 1 aliphatic carbocycles. The molecule has 1 saturated carbocycles. The molecule has 2 aromatic rings. The third kappa shape index (κ3) is 1.98. The van der Waals surface area contributed by atoms with Gasteiger partial charge in [0.05, 0.1) is 5.54 Å². The summed E-state index contributed by atoms with van der Waals surface area (Å²) in [6.07, 6.45) is 5.27. The third-order valence-electron chi connectivity index (χ3n) is 5.72. The second kappa shape index (κ2) is 4.62. The van der Waals surface area contributed by atoms with Crippen molar-refractivity contribution in [2.45, 2.75) is 38.1 Å². The summed E-state index contributed by atoms with van der Waals surface area (Å²) in [4.78, 5) is 2.69. The minimum absolute atomic E-state index is 0.209. The van der Waals surface area contributed by atoms with E-state index < -0.39 is 0 Å². The molecular weight excluding hydrogens is 254 g/mol. The minimum Gasteiger partial charge on any atom is -0.361 e. The van der Waals surface area contributed by atoms with Crippen molar-refractivity contribution in [1.29, 1.82) is 0 Å². The maximum absolute atomic E-state index is 2.69. The normalized spacial score (nSPS) is 31.4. The molecule has 2 saturated heterocycles. The molecule has 0 radical (unpaired) electrons. The van der Waals surface area contributed by atoms with Crippen molar-refractivity contribution in [3.8, 4) is 0 Å². The van der Waals surface area contributed by atoms with Gasteiger partial charge in [-0.1, -0.05) is 55.5 Å². The van der Waals surface area contributed by atoms with Crippen LogP contribution in [0.2, 0.25) is 0 Å². The van der Waals surface area contributed by atoms with Crippen molar-refractivity contribution in [3.63, 3.8) is 0 Å². The number of para-hydroxylation sites is 1. The average molecular weight is 277 g/mol. The van der Waals surface area contributed by atoms with Crippen molar-refractivity contribution in [2.75, 3.05) is 11.4 Å². The lowest BCUT2D eigenvalue weighted by molar-refractivity contribution is 0.0808. The zero-order chi connectivity index (χ0) is 14.3. The number of piperidine rings is 2. The first kappa shape index (κ1) is 12.9. The van der Waals surface area contributed by atoms with Crippen LogP contribution in [0.5, 0.6) is 0 Å². The first-order valence-corrected chi connectivity index (χ1v) is 8.10. The molecule has 5 rings (SSSR count). The van der Waals surface area contributed by atoms with Gasteiger partial charge in [0.2, 0.25) is 0 Å². The number of fused-ring (bicyclic) bond motifs is 3. The van der Waals surface area contributed by atoms with E-state index in [0.29, 0.717) is 5.41 Å². The molecule has 3 aliphatic rings. The topological polar surface area (TPSA) is 3.24 Å². The molecule has 0 N–H and O–H groups in total. The Morgan fingerprint density at radius 1 is 0.762 bits per heavy atom. The van der Waals surface area contributed by atoms with E-state index in [1.165, 1.54) is 43.5 Å². The molecule has 2 aromatic carbocycles. The highest BCUT2D eigenvalue weighted by atomic mass is 15.2. The van der Waals surface area contributed by atoms with Crippen LogP contribution >= 0.6 is 0 Å². The van der Waals surface area contributed by atoms with Crippen LogP contribution in [-0.2, 0) is 5.54 Å². The summed E-state index contributed by atoms with van der Waals surface area (Å²) in [5, 5.41) is 0. The summed E-state index contributed by atoms with van der Waals surface area (Å²) in [7, 11) is 0. The van der Waals surface area contributed by atoms with Gasteiger partial charge in [0, 0.05) is 12.2 Å². The molecule has 2 bridgehead atoms. The zero-order valence-electron chi connectivity index (χ0n) is 12.8. The quantitative estimate of drug-likeness (QED) is 0.748. The molecule has 0 atom stereocenters. The summed E-state index contributed by atoms with van der Waals surface area (Å²) in [5.41, 5.74) is 3.58. The van der Waals surface area contributed by atoms with Gasteiger partial charge in [-0.25, -0.2) is 0 Å². The number of rotatable bonds is 2. The van der Waals surface area contributed by atoms with Crippen molar-refractivity contribution < 1.29 is 0 Å². The average Bonchev–Trinajstić information content (AvgIpc) is 2.57. The van der Waals surface area contributed by atoms with E-state index in [1.807, 2.05) is 0 Å². The fraction of sp³-hybridized carbons (Fsp3) is 0.400. The molecule has 2 aliphatic heterocycles. The highest BCUT2D eigenvalue weighted by Crippen LogP contribution is 2.55. The van der Waals surface area contributed by atoms with Crippen LogP contribution in [0.4, 0.5) is 5.69 Å². The maximum atomic E-state index is 2.69. The minimum atomic E-state index is 0.209. The lowest BCUT2D eigenvalue weighted by Crippen LogP contribution is -2.60. The first-order chi connectivity index (χ1) is 10.2. The SMILES string of the molecule is CC12CCC(c3ccccc3)(CC1)N(c1ccccc1)C2. The van der Waals surface area contributed by atoms with E-state index >= 15 is 0 Å². The van der Waals surface area contributed by atoms with Crippen LogP contribution < -0.4 is 4.90 Å². The van der Waals surface area contributed by atoms with E-state index in [1.54, 1.807) is 0 Å². The van der Waals surface area contributed by atoms with E-state index in [2.05, 4.69) is 72.5 Å². The van der Waals surface area contributed by atoms with Gasteiger partial charge in [-0.05, 0) is 48.8 Å². The Balaban J connectivity index is 1.83. The van der Waals surface area contributed by atoms with Gasteiger partial charge in [0.15, 0.2) is 0 Å². The number of nitrogens with zero attached hydrogens (tertiary/aromatic N) is 1. The highest BCUT2D eigenvalue weighted by molar-refractivity contribution is 5.53. The second-order valence-electron chi connectivity index (χ2n) is 7.13. The number of benzene rings is 2. The zero-order valence-corrected chi connectivity index (χ0v) is 12.8. The molecule has 3 fully saturated rings. The summed E-state index contributed by atoms with van der Waals surface area (Å²) < 4.78 is 0. The third-order valence-corrected chi connectivity index (χ3v) is 5.72. The molecule has 108 valence electrons. The number of anilines is 1. The summed E-state index contributed by atoms with van der Waals surface area (Å²) in [5.74, 6) is 0. The summed E-state index contributed by atoms with van der Waals surface area (Å²) >= 11 is 0. The molecule has 1 nitrogen and oxygen atoms in total. The van der Waals surface area contributed by atoms with E-state index in [0.717, 1.165) is 0 Å². The maximum Gasteiger partial charge on any atom is 0.0654 e. The largest absolute Gasteiger partial charge is 0.361 e. The molecule has 0 unspecified atom stereocenters. The lowest BCUT2D eigenvalue weighted by Gasteiger charge is -2.60. The highest BCUT2D eigenvalue weighted by Gasteiger charge is 2.51. The molecule has 2 heterocycles. The number of hydrogen-bond acceptors (Lipinski definition) is 1. The monoisotopic (exact) mass is 277 g/mol. The Morgan fingerprint density at radius 3 is 1.95 bits per heavy atom. The summed E-state index contributed by atoms with van der Waals surface area (Å²) in [6.45, 7) is 3.66. The fourth-order valence-corrected chi connectivity index (χ4v) is 4.37. The Labute approximate surface area is 127 Å². The van der Waals surface area contributed by atoms with E-state index in [9.17, 15) is 0 Å². The Hall–Kier alpha value is -1.76. The van der Waals surface area contributed by atoms with Gasteiger partial charge in [-0.3, -0.25) is 0 Å². The Kier molecular flexibility index (Phi) is 2.85. The standard InChI is InChI=1S/C20H23N/c1-19-12-14-20(15-13-19,17-8-4-2-5-9-17)21(16-19)18-10-6-3-7-11-18/h2-11H,12-16H2,1H3. The van der Waals surface area contributed by atoms with Crippen molar-refractivity contribution >= 4 is 5.69 Å². The molecule has 21 heavy (non-hydrogen) atoms. The van der Waals surface area contributed by atoms with Gasteiger partial charge >= 0.3 is 0 Å². The van der Waals surface area contributed by atoms with Crippen LogP contribution in [0.25, 0.3) is 0 Å². The lowest BCUT2D eigenvalue weighted by atomic mass is 9.60. The van der Waals surface area contributed by atoms with Crippen molar-refractivity contribution in [3.05, 3.63) is 66.2 Å². The predicted molar refractivity (Wildman–Crippen MR) is 88.5 cm³/mol. The Morgan fingerprint density at radius 2 is 1.33 bits per heavy atom. The smallest absolute Gasteiger partial charge is 0.0654 e. The van der Waals surface area contributed by atoms with Gasteiger partial charge < -0.3 is 4.90 Å². The molecule has 0 amide bonds. The Bertz CT molecular complexity index is 609. The van der Waals surface area contributed by atoms with E-state index in [4.69, 9.17) is 0 Å². The summed E-state index contributed by atoms with van der Waals surface area (Å²) in [6, 6.07) is 22.1. The van der Waals surface area contributed by atoms with Crippen molar-refractivity contribution in [1.82, 2.24) is 0 Å². The number of hydrogen-bond donors (Lipinski definition) is 0. The van der Waals surface area contributed by atoms with Crippen LogP contribution in [0.1, 0.15) is 38.2 Å².